The predicted octanol–water partition coefficient (Wildman–Crippen LogP) is 4.15. The van der Waals surface area contributed by atoms with E-state index in [1.165, 1.54) is 47.9 Å². The SMILES string of the molecule is CC[C@H]1CCc2sc3ncnc(OC4CCC(N5CCOCC5)CC4)c3c21. The van der Waals surface area contributed by atoms with Crippen LogP contribution in [-0.2, 0) is 11.2 Å². The smallest absolute Gasteiger partial charge is 0.225 e. The van der Waals surface area contributed by atoms with Crippen molar-refractivity contribution in [2.75, 3.05) is 26.3 Å². The van der Waals surface area contributed by atoms with E-state index >= 15 is 0 Å². The van der Waals surface area contributed by atoms with E-state index in [0.29, 0.717) is 12.0 Å². The molecule has 2 fully saturated rings. The van der Waals surface area contributed by atoms with Crippen LogP contribution in [0.2, 0.25) is 0 Å². The van der Waals surface area contributed by atoms with Gasteiger partial charge >= 0.3 is 0 Å². The highest BCUT2D eigenvalue weighted by atomic mass is 32.1. The third kappa shape index (κ3) is 3.36. The summed E-state index contributed by atoms with van der Waals surface area (Å²) >= 11 is 1.85. The Morgan fingerprint density at radius 1 is 1.15 bits per heavy atom. The van der Waals surface area contributed by atoms with E-state index < -0.39 is 0 Å². The highest BCUT2D eigenvalue weighted by molar-refractivity contribution is 7.19. The minimum atomic E-state index is 0.289. The molecule has 1 aliphatic heterocycles. The van der Waals surface area contributed by atoms with Gasteiger partial charge in [-0.3, -0.25) is 4.90 Å². The summed E-state index contributed by atoms with van der Waals surface area (Å²) in [5.74, 6) is 1.49. The molecular weight excluding hydrogens is 358 g/mol. The predicted molar refractivity (Wildman–Crippen MR) is 108 cm³/mol. The van der Waals surface area contributed by atoms with E-state index in [0.717, 1.165) is 49.9 Å². The average molecular weight is 388 g/mol. The number of nitrogens with zero attached hydrogens (tertiary/aromatic N) is 3. The van der Waals surface area contributed by atoms with Gasteiger partial charge in [-0.25, -0.2) is 9.97 Å². The van der Waals surface area contributed by atoms with Gasteiger partial charge in [0.15, 0.2) is 0 Å². The maximum absolute atomic E-state index is 6.49. The lowest BCUT2D eigenvalue weighted by molar-refractivity contribution is -0.00126. The van der Waals surface area contributed by atoms with Crippen molar-refractivity contribution in [3.63, 3.8) is 0 Å². The number of fused-ring (bicyclic) bond motifs is 3. The molecule has 6 heteroatoms. The normalized spacial score (nSPS) is 29.1. The van der Waals surface area contributed by atoms with E-state index in [2.05, 4.69) is 21.8 Å². The molecule has 5 rings (SSSR count). The molecule has 2 aliphatic carbocycles. The lowest BCUT2D eigenvalue weighted by Gasteiger charge is -2.38. The Morgan fingerprint density at radius 2 is 1.96 bits per heavy atom. The first kappa shape index (κ1) is 17.8. The highest BCUT2D eigenvalue weighted by Gasteiger charge is 2.31. The number of hydrogen-bond acceptors (Lipinski definition) is 6. The number of morpholine rings is 1. The van der Waals surface area contributed by atoms with Gasteiger partial charge in [0.05, 0.1) is 18.6 Å². The Labute approximate surface area is 165 Å². The Morgan fingerprint density at radius 3 is 2.74 bits per heavy atom. The van der Waals surface area contributed by atoms with Crippen molar-refractivity contribution in [3.8, 4) is 5.88 Å². The molecular formula is C21H29N3O2S. The molecule has 27 heavy (non-hydrogen) atoms. The molecule has 0 bridgehead atoms. The highest BCUT2D eigenvalue weighted by Crippen LogP contribution is 2.47. The van der Waals surface area contributed by atoms with Gasteiger partial charge in [0, 0.05) is 24.0 Å². The Bertz CT molecular complexity index is 794. The van der Waals surface area contributed by atoms with Crippen LogP contribution < -0.4 is 4.74 Å². The van der Waals surface area contributed by atoms with E-state index in [-0.39, 0.29) is 6.10 Å². The molecule has 146 valence electrons. The largest absolute Gasteiger partial charge is 0.474 e. The van der Waals surface area contributed by atoms with Crippen LogP contribution in [0.15, 0.2) is 6.33 Å². The van der Waals surface area contributed by atoms with Gasteiger partial charge in [-0.15, -0.1) is 11.3 Å². The van der Waals surface area contributed by atoms with Crippen molar-refractivity contribution in [1.29, 1.82) is 0 Å². The summed E-state index contributed by atoms with van der Waals surface area (Å²) in [6, 6.07) is 0.703. The molecule has 2 aromatic rings. The van der Waals surface area contributed by atoms with Crippen LogP contribution in [0.5, 0.6) is 5.88 Å². The molecule has 1 atom stereocenters. The van der Waals surface area contributed by atoms with Crippen molar-refractivity contribution >= 4 is 21.6 Å². The summed E-state index contributed by atoms with van der Waals surface area (Å²) in [6.45, 7) is 6.24. The summed E-state index contributed by atoms with van der Waals surface area (Å²) in [5.41, 5.74) is 1.50. The second kappa shape index (κ2) is 7.64. The molecule has 0 spiro atoms. The van der Waals surface area contributed by atoms with Gasteiger partial charge in [-0.05, 0) is 56.4 Å². The number of aryl methyl sites for hydroxylation is 1. The van der Waals surface area contributed by atoms with E-state index in [9.17, 15) is 0 Å². The zero-order valence-corrected chi connectivity index (χ0v) is 17.0. The first-order valence-electron chi connectivity index (χ1n) is 10.6. The zero-order valence-electron chi connectivity index (χ0n) is 16.2. The molecule has 0 radical (unpaired) electrons. The van der Waals surface area contributed by atoms with E-state index in [1.807, 2.05) is 11.3 Å². The molecule has 0 N–H and O–H groups in total. The topological polar surface area (TPSA) is 47.5 Å². The van der Waals surface area contributed by atoms with Crippen molar-refractivity contribution < 1.29 is 9.47 Å². The second-order valence-corrected chi connectivity index (χ2v) is 9.22. The summed E-state index contributed by atoms with van der Waals surface area (Å²) < 4.78 is 12.0. The van der Waals surface area contributed by atoms with Crippen LogP contribution in [0.3, 0.4) is 0 Å². The lowest BCUT2D eigenvalue weighted by Crippen LogP contribution is -2.46. The Kier molecular flexibility index (Phi) is 5.05. The van der Waals surface area contributed by atoms with Gasteiger partial charge in [-0.1, -0.05) is 6.92 Å². The minimum Gasteiger partial charge on any atom is -0.474 e. The van der Waals surface area contributed by atoms with Crippen LogP contribution >= 0.6 is 11.3 Å². The Hall–Kier alpha value is -1.24. The van der Waals surface area contributed by atoms with Crippen molar-refractivity contribution in [2.24, 2.45) is 0 Å². The van der Waals surface area contributed by atoms with Crippen molar-refractivity contribution in [3.05, 3.63) is 16.8 Å². The van der Waals surface area contributed by atoms with Gasteiger partial charge in [0.2, 0.25) is 5.88 Å². The van der Waals surface area contributed by atoms with Gasteiger partial charge in [-0.2, -0.15) is 0 Å². The summed E-state index contributed by atoms with van der Waals surface area (Å²) in [7, 11) is 0. The standard InChI is InChI=1S/C21H29N3O2S/c1-2-14-3-8-17-18(14)19-20(22-13-23-21(19)27-17)26-16-6-4-15(5-7-16)24-9-11-25-12-10-24/h13-16H,2-12H2,1H3/t14-,15?,16?/m0/s1. The van der Waals surface area contributed by atoms with E-state index in [1.54, 1.807) is 6.33 Å². The van der Waals surface area contributed by atoms with Crippen molar-refractivity contribution in [2.45, 2.75) is 69.9 Å². The summed E-state index contributed by atoms with van der Waals surface area (Å²) in [6.07, 6.45) is 10.3. The van der Waals surface area contributed by atoms with Crippen LogP contribution in [-0.4, -0.2) is 53.3 Å². The molecule has 2 aromatic heterocycles. The molecule has 3 heterocycles. The fourth-order valence-electron chi connectivity index (χ4n) is 5.17. The van der Waals surface area contributed by atoms with Gasteiger partial charge < -0.3 is 9.47 Å². The maximum Gasteiger partial charge on any atom is 0.225 e. The molecule has 3 aliphatic rings. The average Bonchev–Trinajstić information content (AvgIpc) is 3.28. The third-order valence-electron chi connectivity index (χ3n) is 6.67. The monoisotopic (exact) mass is 387 g/mol. The number of rotatable bonds is 4. The second-order valence-electron chi connectivity index (χ2n) is 8.14. The first-order chi connectivity index (χ1) is 13.3. The van der Waals surface area contributed by atoms with Crippen LogP contribution in [0.25, 0.3) is 10.2 Å². The molecule has 5 nitrogen and oxygen atoms in total. The first-order valence-corrected chi connectivity index (χ1v) is 11.4. The molecule has 0 unspecified atom stereocenters. The lowest BCUT2D eigenvalue weighted by atomic mass is 9.91. The van der Waals surface area contributed by atoms with Crippen molar-refractivity contribution in [1.82, 2.24) is 14.9 Å². The molecule has 0 aromatic carbocycles. The van der Waals surface area contributed by atoms with Gasteiger partial charge in [0.1, 0.15) is 17.3 Å². The van der Waals surface area contributed by atoms with Crippen LogP contribution in [0.1, 0.15) is 61.8 Å². The summed E-state index contributed by atoms with van der Waals surface area (Å²) in [4.78, 5) is 14.4. The maximum atomic E-state index is 6.49. The number of ether oxygens (including phenoxy) is 2. The summed E-state index contributed by atoms with van der Waals surface area (Å²) in [5, 5.41) is 1.22. The fraction of sp³-hybridized carbons (Fsp3) is 0.714. The number of hydrogen-bond donors (Lipinski definition) is 0. The van der Waals surface area contributed by atoms with Crippen LogP contribution in [0, 0.1) is 0 Å². The quantitative estimate of drug-likeness (QED) is 0.789. The van der Waals surface area contributed by atoms with Crippen LogP contribution in [0.4, 0.5) is 0 Å². The van der Waals surface area contributed by atoms with E-state index in [4.69, 9.17) is 9.47 Å². The molecule has 1 saturated heterocycles. The molecule has 0 amide bonds. The molecule has 1 saturated carbocycles. The number of thiophene rings is 1. The third-order valence-corrected chi connectivity index (χ3v) is 7.85. The fourth-order valence-corrected chi connectivity index (χ4v) is 6.40. The Balaban J connectivity index is 1.31. The zero-order chi connectivity index (χ0) is 18.2. The number of aromatic nitrogens is 2. The minimum absolute atomic E-state index is 0.289. The van der Waals surface area contributed by atoms with Gasteiger partial charge in [0.25, 0.3) is 0 Å².